The Balaban J connectivity index is 1.21. The molecule has 1 saturated carbocycles. The van der Waals surface area contributed by atoms with Crippen LogP contribution in [0.4, 0.5) is 28.8 Å². The number of anilines is 5. The van der Waals surface area contributed by atoms with Gasteiger partial charge in [-0.1, -0.05) is 7.92 Å². The summed E-state index contributed by atoms with van der Waals surface area (Å²) in [7, 11) is 3.16. The highest BCUT2D eigenvalue weighted by molar-refractivity contribution is 9.10. The summed E-state index contributed by atoms with van der Waals surface area (Å²) in [4.78, 5) is 23.7. The number of hydrogen-bond donors (Lipinski definition) is 2. The fourth-order valence-electron chi connectivity index (χ4n) is 6.00. The predicted molar refractivity (Wildman–Crippen MR) is 186 cm³/mol. The van der Waals surface area contributed by atoms with Crippen molar-refractivity contribution >= 4 is 69.0 Å². The van der Waals surface area contributed by atoms with Gasteiger partial charge < -0.3 is 20.3 Å². The lowest BCUT2D eigenvalue weighted by atomic mass is 10.0. The summed E-state index contributed by atoms with van der Waals surface area (Å²) >= 11 is 3.65. The number of aromatic nitrogens is 6. The highest BCUT2D eigenvalue weighted by Gasteiger charge is 2.32. The number of piperazine rings is 1. The van der Waals surface area contributed by atoms with Gasteiger partial charge in [-0.2, -0.15) is 10.1 Å². The number of nitrogens with zero attached hydrogens (tertiary/aromatic N) is 8. The number of hydrogen-bond acceptors (Lipinski definition) is 10. The quantitative estimate of drug-likeness (QED) is 0.187. The average Bonchev–Trinajstić information content (AvgIpc) is 3.81. The second kappa shape index (κ2) is 12.5. The van der Waals surface area contributed by atoms with Gasteiger partial charge in [0.15, 0.2) is 0 Å². The van der Waals surface area contributed by atoms with Gasteiger partial charge in [-0.3, -0.25) is 19.5 Å². The molecule has 1 saturated heterocycles. The van der Waals surface area contributed by atoms with E-state index in [1.54, 1.807) is 25.7 Å². The van der Waals surface area contributed by atoms with Crippen LogP contribution in [0.25, 0.3) is 22.2 Å². The first-order valence-electron chi connectivity index (χ1n) is 15.1. The van der Waals surface area contributed by atoms with Crippen molar-refractivity contribution in [1.29, 1.82) is 0 Å². The minimum atomic E-state index is -0.481. The van der Waals surface area contributed by atoms with Crippen LogP contribution in [0, 0.1) is 0 Å². The summed E-state index contributed by atoms with van der Waals surface area (Å²) in [6.07, 6.45) is 11.8. The molecule has 5 aromatic rings. The van der Waals surface area contributed by atoms with Gasteiger partial charge in [-0.25, -0.2) is 4.98 Å². The molecule has 2 aliphatic rings. The van der Waals surface area contributed by atoms with Crippen molar-refractivity contribution in [2.24, 2.45) is 7.05 Å². The Morgan fingerprint density at radius 1 is 0.956 bits per heavy atom. The van der Waals surface area contributed by atoms with Crippen molar-refractivity contribution < 1.29 is 4.74 Å². The number of halogens is 1. The monoisotopic (exact) mass is 686 g/mol. The maximum absolute atomic E-state index is 5.94. The largest absolute Gasteiger partial charge is 0.494 e. The lowest BCUT2D eigenvalue weighted by Gasteiger charge is -2.37. The van der Waals surface area contributed by atoms with Crippen molar-refractivity contribution in [3.05, 3.63) is 59.7 Å². The van der Waals surface area contributed by atoms with E-state index in [1.165, 1.54) is 12.8 Å². The minimum Gasteiger partial charge on any atom is -0.494 e. The Bertz CT molecular complexity index is 1850. The SMILES string of the molecule is COc1cc(N2CCN(C3CC3)CC2)c(-c2cnn(C)c2)cc1Nc1ncc(Br)c(Nc2ccc3nccnc3c2P(C)C)n1. The number of methoxy groups -OCH3 is 1. The molecule has 0 radical (unpaired) electrons. The smallest absolute Gasteiger partial charge is 0.229 e. The van der Waals surface area contributed by atoms with Crippen LogP contribution in [-0.4, -0.2) is 87.3 Å². The van der Waals surface area contributed by atoms with Crippen LogP contribution in [0.5, 0.6) is 5.75 Å². The van der Waals surface area contributed by atoms with Gasteiger partial charge in [0.05, 0.1) is 34.5 Å². The molecule has 0 bridgehead atoms. The zero-order chi connectivity index (χ0) is 31.1. The summed E-state index contributed by atoms with van der Waals surface area (Å²) in [5, 5.41) is 12.6. The molecule has 45 heavy (non-hydrogen) atoms. The molecule has 2 N–H and O–H groups in total. The van der Waals surface area contributed by atoms with Crippen LogP contribution in [0.1, 0.15) is 12.8 Å². The van der Waals surface area contributed by atoms with E-state index in [9.17, 15) is 0 Å². The van der Waals surface area contributed by atoms with E-state index in [0.29, 0.717) is 11.8 Å². The molecule has 0 amide bonds. The Hall–Kier alpha value is -3.86. The third-order valence-corrected chi connectivity index (χ3v) is 10.3. The fourth-order valence-corrected chi connectivity index (χ4v) is 7.49. The molecule has 4 heterocycles. The third-order valence-electron chi connectivity index (χ3n) is 8.36. The summed E-state index contributed by atoms with van der Waals surface area (Å²) in [6.45, 7) is 8.54. The number of benzene rings is 2. The van der Waals surface area contributed by atoms with Gasteiger partial charge in [0.25, 0.3) is 0 Å². The number of nitrogens with one attached hydrogen (secondary N) is 2. The molecule has 232 valence electrons. The van der Waals surface area contributed by atoms with E-state index in [0.717, 1.165) is 87.0 Å². The van der Waals surface area contributed by atoms with Gasteiger partial charge in [-0.15, -0.1) is 0 Å². The molecular formula is C32H36BrN10OP. The van der Waals surface area contributed by atoms with Crippen molar-refractivity contribution in [3.63, 3.8) is 0 Å². The minimum absolute atomic E-state index is 0.444. The Labute approximate surface area is 272 Å². The number of fused-ring (bicyclic) bond motifs is 1. The summed E-state index contributed by atoms with van der Waals surface area (Å²) in [5.74, 6) is 1.81. The number of aryl methyl sites for hydroxylation is 1. The zero-order valence-electron chi connectivity index (χ0n) is 25.8. The van der Waals surface area contributed by atoms with Crippen LogP contribution >= 0.6 is 23.9 Å². The third kappa shape index (κ3) is 6.19. The van der Waals surface area contributed by atoms with E-state index in [1.807, 2.05) is 30.1 Å². The van der Waals surface area contributed by atoms with Crippen molar-refractivity contribution in [1.82, 2.24) is 34.6 Å². The van der Waals surface area contributed by atoms with E-state index >= 15 is 0 Å². The number of ether oxygens (including phenoxy) is 1. The van der Waals surface area contributed by atoms with Gasteiger partial charge in [0.2, 0.25) is 5.95 Å². The number of rotatable bonds is 9. The lowest BCUT2D eigenvalue weighted by molar-refractivity contribution is 0.248. The van der Waals surface area contributed by atoms with Gasteiger partial charge in [0, 0.05) is 97.9 Å². The molecule has 13 heteroatoms. The van der Waals surface area contributed by atoms with Crippen LogP contribution < -0.4 is 25.6 Å². The normalized spacial score (nSPS) is 15.6. The van der Waals surface area contributed by atoms with E-state index < -0.39 is 7.92 Å². The molecular weight excluding hydrogens is 651 g/mol. The molecule has 1 aliphatic carbocycles. The predicted octanol–water partition coefficient (Wildman–Crippen LogP) is 5.73. The lowest BCUT2D eigenvalue weighted by Crippen LogP contribution is -2.47. The Morgan fingerprint density at radius 3 is 2.47 bits per heavy atom. The molecule has 2 fully saturated rings. The first-order valence-corrected chi connectivity index (χ1v) is 18.1. The Kier molecular flexibility index (Phi) is 8.29. The van der Waals surface area contributed by atoms with Gasteiger partial charge >= 0.3 is 0 Å². The molecule has 0 atom stereocenters. The van der Waals surface area contributed by atoms with Crippen molar-refractivity contribution in [3.8, 4) is 16.9 Å². The second-order valence-electron chi connectivity index (χ2n) is 11.6. The standard InChI is InChI=1S/C32H36BrN10OP/c1-41-19-20(17-37-41)22-15-26(28(44-2)16-27(22)43-13-11-42(12-14-43)21-5-6-21)39-32-36-18-23(33)31(40-32)38-25-8-7-24-29(30(25)45(3)4)35-10-9-34-24/h7-10,15-19,21H,5-6,11-14H2,1-4H3,(H2,36,38,39,40). The second-order valence-corrected chi connectivity index (χ2v) is 14.7. The first kappa shape index (κ1) is 29.8. The van der Waals surface area contributed by atoms with Crippen LogP contribution in [0.3, 0.4) is 0 Å². The van der Waals surface area contributed by atoms with Crippen LogP contribution in [-0.2, 0) is 7.05 Å². The molecule has 1 aliphatic heterocycles. The molecule has 0 spiro atoms. The van der Waals surface area contributed by atoms with Crippen LogP contribution in [0.15, 0.2) is 59.7 Å². The maximum atomic E-state index is 5.94. The van der Waals surface area contributed by atoms with E-state index in [4.69, 9.17) is 9.72 Å². The first-order chi connectivity index (χ1) is 21.9. The molecule has 0 unspecified atom stereocenters. The molecule has 3 aromatic heterocycles. The average molecular weight is 688 g/mol. The van der Waals surface area contributed by atoms with Gasteiger partial charge in [0.1, 0.15) is 11.6 Å². The topological polar surface area (TPSA) is 109 Å². The van der Waals surface area contributed by atoms with Crippen LogP contribution in [0.2, 0.25) is 0 Å². The Morgan fingerprint density at radius 2 is 1.76 bits per heavy atom. The van der Waals surface area contributed by atoms with E-state index in [2.05, 4.69) is 88.1 Å². The molecule has 11 nitrogen and oxygen atoms in total. The summed E-state index contributed by atoms with van der Waals surface area (Å²) < 4.78 is 8.52. The summed E-state index contributed by atoms with van der Waals surface area (Å²) in [5.41, 5.74) is 6.78. The van der Waals surface area contributed by atoms with Crippen molar-refractivity contribution in [2.45, 2.75) is 18.9 Å². The van der Waals surface area contributed by atoms with Gasteiger partial charge in [-0.05, 0) is 60.3 Å². The fraction of sp³-hybridized carbons (Fsp3) is 0.344. The van der Waals surface area contributed by atoms with E-state index in [-0.39, 0.29) is 0 Å². The van der Waals surface area contributed by atoms with Crippen molar-refractivity contribution in [2.75, 3.05) is 62.2 Å². The molecule has 2 aromatic carbocycles. The zero-order valence-corrected chi connectivity index (χ0v) is 28.3. The maximum Gasteiger partial charge on any atom is 0.229 e. The summed E-state index contributed by atoms with van der Waals surface area (Å²) in [6, 6.07) is 9.06. The molecule has 7 rings (SSSR count). The highest BCUT2D eigenvalue weighted by Crippen LogP contribution is 2.41. The highest BCUT2D eigenvalue weighted by atomic mass is 79.9.